The van der Waals surface area contributed by atoms with Crippen LogP contribution in [0, 0.1) is 5.92 Å². The van der Waals surface area contributed by atoms with Crippen molar-refractivity contribution in [2.75, 3.05) is 6.61 Å². The highest BCUT2D eigenvalue weighted by Crippen LogP contribution is 2.30. The number of Topliss-reactive ketones (excluding diaryl/α,β-unsaturated/α-hetero) is 2. The van der Waals surface area contributed by atoms with E-state index in [1.54, 1.807) is 6.92 Å². The van der Waals surface area contributed by atoms with Gasteiger partial charge in [-0.2, -0.15) is 0 Å². The molecule has 0 aliphatic heterocycles. The van der Waals surface area contributed by atoms with Crippen LogP contribution in [0.1, 0.15) is 44.6 Å². The Bertz CT molecular complexity index is 531. The summed E-state index contributed by atoms with van der Waals surface area (Å²) in [5.74, 6) is 0.381. The smallest absolute Gasteiger partial charge is 0.140 e. The normalized spacial score (nSPS) is 18.7. The van der Waals surface area contributed by atoms with Gasteiger partial charge in [0.15, 0.2) is 0 Å². The van der Waals surface area contributed by atoms with Crippen molar-refractivity contribution in [2.24, 2.45) is 5.92 Å². The monoisotopic (exact) mass is 300 g/mol. The third-order valence-electron chi connectivity index (χ3n) is 3.99. The molecule has 1 unspecified atom stereocenters. The fourth-order valence-electron chi connectivity index (χ4n) is 2.92. The fraction of sp³-hybridized carbons (Fsp3) is 0.474. The van der Waals surface area contributed by atoms with Crippen LogP contribution >= 0.6 is 0 Å². The van der Waals surface area contributed by atoms with Crippen molar-refractivity contribution in [1.82, 2.24) is 0 Å². The Morgan fingerprint density at radius 2 is 2.09 bits per heavy atom. The van der Waals surface area contributed by atoms with E-state index in [1.807, 2.05) is 36.4 Å². The second-order valence-electron chi connectivity index (χ2n) is 5.90. The molecule has 1 aromatic rings. The van der Waals surface area contributed by atoms with E-state index in [0.717, 1.165) is 30.4 Å². The predicted molar refractivity (Wildman–Crippen MR) is 86.4 cm³/mol. The lowest BCUT2D eigenvalue weighted by Crippen LogP contribution is -2.12. The summed E-state index contributed by atoms with van der Waals surface area (Å²) in [5.41, 5.74) is 2.15. The van der Waals surface area contributed by atoms with Crippen LogP contribution in [0.15, 0.2) is 42.0 Å². The summed E-state index contributed by atoms with van der Waals surface area (Å²) >= 11 is 0. The molecular weight excluding hydrogens is 276 g/mol. The molecule has 1 aromatic carbocycles. The van der Waals surface area contributed by atoms with Gasteiger partial charge in [0.1, 0.15) is 11.6 Å². The first-order valence-electron chi connectivity index (χ1n) is 7.99. The number of ketones is 2. The second-order valence-corrected chi connectivity index (χ2v) is 5.90. The van der Waals surface area contributed by atoms with Crippen LogP contribution in [0.3, 0.4) is 0 Å². The van der Waals surface area contributed by atoms with Crippen molar-refractivity contribution in [1.29, 1.82) is 0 Å². The highest BCUT2D eigenvalue weighted by atomic mass is 16.5. The first kappa shape index (κ1) is 16.6. The Hall–Kier alpha value is -1.74. The number of benzene rings is 1. The van der Waals surface area contributed by atoms with Crippen LogP contribution in [0.5, 0.6) is 0 Å². The van der Waals surface area contributed by atoms with E-state index in [2.05, 4.69) is 0 Å². The number of allylic oxidation sites excluding steroid dienone is 1. The molecule has 2 rings (SSSR count). The van der Waals surface area contributed by atoms with Gasteiger partial charge in [0.05, 0.1) is 13.2 Å². The molecule has 1 aliphatic carbocycles. The summed E-state index contributed by atoms with van der Waals surface area (Å²) in [7, 11) is 0. The van der Waals surface area contributed by atoms with Crippen LogP contribution in [0.25, 0.3) is 0 Å². The third-order valence-corrected chi connectivity index (χ3v) is 3.99. The lowest BCUT2D eigenvalue weighted by Gasteiger charge is -2.12. The standard InChI is InChI=1S/C19H24O3/c1-15(20)13-17(18-10-5-11-19(18)21)9-6-12-22-14-16-7-3-2-4-8-16/h2-4,7-9,18H,5-6,10-14H2,1H3/b17-9+. The lowest BCUT2D eigenvalue weighted by molar-refractivity contribution is -0.119. The van der Waals surface area contributed by atoms with Gasteiger partial charge in [-0.15, -0.1) is 0 Å². The van der Waals surface area contributed by atoms with Gasteiger partial charge in [0, 0.05) is 18.8 Å². The minimum atomic E-state index is -0.0296. The molecule has 0 saturated heterocycles. The molecule has 3 nitrogen and oxygen atoms in total. The van der Waals surface area contributed by atoms with Crippen LogP contribution < -0.4 is 0 Å². The zero-order valence-corrected chi connectivity index (χ0v) is 13.2. The van der Waals surface area contributed by atoms with Gasteiger partial charge < -0.3 is 4.74 Å². The molecule has 1 aliphatic rings. The molecule has 1 saturated carbocycles. The largest absolute Gasteiger partial charge is 0.376 e. The van der Waals surface area contributed by atoms with Gasteiger partial charge in [-0.25, -0.2) is 0 Å². The summed E-state index contributed by atoms with van der Waals surface area (Å²) < 4.78 is 5.65. The van der Waals surface area contributed by atoms with Gasteiger partial charge in [-0.3, -0.25) is 9.59 Å². The average molecular weight is 300 g/mol. The number of hydrogen-bond acceptors (Lipinski definition) is 3. The molecule has 22 heavy (non-hydrogen) atoms. The van der Waals surface area contributed by atoms with Crippen LogP contribution in [0.4, 0.5) is 0 Å². The Morgan fingerprint density at radius 1 is 1.32 bits per heavy atom. The fourth-order valence-corrected chi connectivity index (χ4v) is 2.92. The Kier molecular flexibility index (Phi) is 6.53. The molecule has 0 N–H and O–H groups in total. The molecule has 0 radical (unpaired) electrons. The summed E-state index contributed by atoms with van der Waals surface area (Å²) in [6, 6.07) is 10.0. The van der Waals surface area contributed by atoms with Crippen molar-refractivity contribution >= 4 is 11.6 Å². The Balaban J connectivity index is 1.81. The summed E-state index contributed by atoms with van der Waals surface area (Å²) in [5, 5.41) is 0. The molecule has 0 spiro atoms. The van der Waals surface area contributed by atoms with E-state index in [1.165, 1.54) is 0 Å². The predicted octanol–water partition coefficient (Wildman–Crippen LogP) is 3.87. The van der Waals surface area contributed by atoms with E-state index in [9.17, 15) is 9.59 Å². The summed E-state index contributed by atoms with van der Waals surface area (Å²) in [4.78, 5) is 23.3. The van der Waals surface area contributed by atoms with Gasteiger partial charge in [0.25, 0.3) is 0 Å². The maximum Gasteiger partial charge on any atom is 0.140 e. The van der Waals surface area contributed by atoms with Gasteiger partial charge in [-0.05, 0) is 31.7 Å². The van der Waals surface area contributed by atoms with Gasteiger partial charge >= 0.3 is 0 Å². The summed E-state index contributed by atoms with van der Waals surface area (Å²) in [6.45, 7) is 2.79. The van der Waals surface area contributed by atoms with Crippen LogP contribution in [-0.4, -0.2) is 18.2 Å². The molecule has 0 heterocycles. The zero-order chi connectivity index (χ0) is 15.8. The van der Waals surface area contributed by atoms with Crippen molar-refractivity contribution in [3.63, 3.8) is 0 Å². The minimum absolute atomic E-state index is 0.0296. The Morgan fingerprint density at radius 3 is 2.73 bits per heavy atom. The molecule has 0 bridgehead atoms. The third kappa shape index (κ3) is 5.23. The highest BCUT2D eigenvalue weighted by Gasteiger charge is 2.27. The van der Waals surface area contributed by atoms with Crippen molar-refractivity contribution < 1.29 is 14.3 Å². The van der Waals surface area contributed by atoms with Crippen molar-refractivity contribution in [2.45, 2.75) is 45.6 Å². The van der Waals surface area contributed by atoms with E-state index in [-0.39, 0.29) is 17.5 Å². The maximum absolute atomic E-state index is 11.9. The van der Waals surface area contributed by atoms with Gasteiger partial charge in [0.2, 0.25) is 0 Å². The van der Waals surface area contributed by atoms with E-state index in [0.29, 0.717) is 26.1 Å². The van der Waals surface area contributed by atoms with Crippen molar-refractivity contribution in [3.05, 3.63) is 47.5 Å². The molecule has 1 atom stereocenters. The molecule has 3 heteroatoms. The topological polar surface area (TPSA) is 43.4 Å². The number of hydrogen-bond donors (Lipinski definition) is 0. The van der Waals surface area contributed by atoms with E-state index in [4.69, 9.17) is 4.74 Å². The highest BCUT2D eigenvalue weighted by molar-refractivity contribution is 5.88. The SMILES string of the molecule is CC(=O)C/C(=C\CCOCc1ccccc1)C1CCCC1=O. The number of rotatable bonds is 8. The zero-order valence-electron chi connectivity index (χ0n) is 13.2. The van der Waals surface area contributed by atoms with Crippen LogP contribution in [0.2, 0.25) is 0 Å². The van der Waals surface area contributed by atoms with Gasteiger partial charge in [-0.1, -0.05) is 42.0 Å². The number of ether oxygens (including phenoxy) is 1. The Labute approximate surface area is 132 Å². The average Bonchev–Trinajstić information content (AvgIpc) is 2.92. The molecule has 0 aromatic heterocycles. The summed E-state index contributed by atoms with van der Waals surface area (Å²) in [6.07, 6.45) is 5.69. The minimum Gasteiger partial charge on any atom is -0.376 e. The first-order valence-corrected chi connectivity index (χ1v) is 7.99. The molecule has 1 fully saturated rings. The number of carbonyl (C=O) groups is 2. The van der Waals surface area contributed by atoms with E-state index < -0.39 is 0 Å². The second kappa shape index (κ2) is 8.64. The maximum atomic E-state index is 11.9. The molecule has 118 valence electrons. The van der Waals surface area contributed by atoms with E-state index >= 15 is 0 Å². The first-order chi connectivity index (χ1) is 10.7. The quantitative estimate of drug-likeness (QED) is 0.541. The van der Waals surface area contributed by atoms with Crippen LogP contribution in [-0.2, 0) is 20.9 Å². The lowest BCUT2D eigenvalue weighted by atomic mass is 9.92. The number of carbonyl (C=O) groups excluding carboxylic acids is 2. The molecule has 0 amide bonds. The van der Waals surface area contributed by atoms with Crippen molar-refractivity contribution in [3.8, 4) is 0 Å². The molecular formula is C19H24O3.